The van der Waals surface area contributed by atoms with Crippen molar-refractivity contribution in [2.75, 3.05) is 20.1 Å². The maximum atomic E-state index is 12.0. The molecule has 1 aromatic carbocycles. The highest BCUT2D eigenvalue weighted by atomic mass is 79.9. The number of likely N-dealkylation sites (N-methyl/N-ethyl adjacent to an activating group) is 1. The second-order valence-corrected chi connectivity index (χ2v) is 5.81. The van der Waals surface area contributed by atoms with Gasteiger partial charge in [0.15, 0.2) is 0 Å². The van der Waals surface area contributed by atoms with E-state index in [2.05, 4.69) is 33.2 Å². The average Bonchev–Trinajstić information content (AvgIpc) is 3.12. The van der Waals surface area contributed by atoms with Crippen LogP contribution >= 0.6 is 15.9 Å². The van der Waals surface area contributed by atoms with Crippen LogP contribution in [0.4, 0.5) is 0 Å². The Labute approximate surface area is 117 Å². The van der Waals surface area contributed by atoms with Crippen molar-refractivity contribution in [2.24, 2.45) is 0 Å². The van der Waals surface area contributed by atoms with E-state index in [0.717, 1.165) is 22.6 Å². The van der Waals surface area contributed by atoms with E-state index in [0.29, 0.717) is 12.1 Å². The van der Waals surface area contributed by atoms with Gasteiger partial charge in [-0.15, -0.1) is 0 Å². The van der Waals surface area contributed by atoms with Crippen LogP contribution < -0.4 is 5.32 Å². The lowest BCUT2D eigenvalue weighted by atomic mass is 10.1. The minimum absolute atomic E-state index is 0.00827. The second-order valence-electron chi connectivity index (χ2n) is 4.95. The number of nitrogens with zero attached hydrogens (tertiary/aromatic N) is 1. The van der Waals surface area contributed by atoms with Gasteiger partial charge in [-0.25, -0.2) is 0 Å². The molecule has 1 aliphatic carbocycles. The Balaban J connectivity index is 1.83. The van der Waals surface area contributed by atoms with Crippen LogP contribution in [0, 0.1) is 6.92 Å². The van der Waals surface area contributed by atoms with Crippen LogP contribution in [0.1, 0.15) is 28.8 Å². The summed E-state index contributed by atoms with van der Waals surface area (Å²) in [5.74, 6) is -0.00827. The topological polar surface area (TPSA) is 32.3 Å². The number of halogens is 1. The van der Waals surface area contributed by atoms with Gasteiger partial charge in [-0.05, 0) is 60.4 Å². The number of benzene rings is 1. The first kappa shape index (κ1) is 13.6. The highest BCUT2D eigenvalue weighted by molar-refractivity contribution is 9.10. The molecule has 0 aromatic heterocycles. The molecule has 0 radical (unpaired) electrons. The Kier molecular flexibility index (Phi) is 4.40. The largest absolute Gasteiger partial charge is 0.351 e. The number of amides is 1. The van der Waals surface area contributed by atoms with E-state index >= 15 is 0 Å². The van der Waals surface area contributed by atoms with E-state index in [9.17, 15) is 4.79 Å². The lowest BCUT2D eigenvalue weighted by Gasteiger charge is -2.16. The lowest BCUT2D eigenvalue weighted by Crippen LogP contribution is -2.34. The molecule has 0 heterocycles. The maximum absolute atomic E-state index is 12.0. The summed E-state index contributed by atoms with van der Waals surface area (Å²) < 4.78 is 0.857. The molecule has 1 N–H and O–H groups in total. The molecular formula is C14H19BrN2O. The van der Waals surface area contributed by atoms with Gasteiger partial charge < -0.3 is 10.2 Å². The molecular weight excluding hydrogens is 292 g/mol. The molecule has 2 rings (SSSR count). The van der Waals surface area contributed by atoms with Crippen molar-refractivity contribution >= 4 is 21.8 Å². The number of hydrogen-bond acceptors (Lipinski definition) is 2. The molecule has 1 saturated carbocycles. The SMILES string of the molecule is Cc1ccc(C(=O)NCCN(C)C2CC2)c(Br)c1. The van der Waals surface area contributed by atoms with E-state index in [1.165, 1.54) is 12.8 Å². The van der Waals surface area contributed by atoms with Crippen molar-refractivity contribution in [2.45, 2.75) is 25.8 Å². The first-order valence-corrected chi connectivity index (χ1v) is 7.12. The molecule has 98 valence electrons. The standard InChI is InChI=1S/C14H19BrN2O/c1-10-3-6-12(13(15)9-10)14(18)16-7-8-17(2)11-4-5-11/h3,6,9,11H,4-5,7-8H2,1-2H3,(H,16,18). The quantitative estimate of drug-likeness (QED) is 0.906. The van der Waals surface area contributed by atoms with Crippen LogP contribution in [0.25, 0.3) is 0 Å². The van der Waals surface area contributed by atoms with Gasteiger partial charge in [0.1, 0.15) is 0 Å². The summed E-state index contributed by atoms with van der Waals surface area (Å²) >= 11 is 3.43. The molecule has 1 aliphatic rings. The van der Waals surface area contributed by atoms with Gasteiger partial charge in [-0.2, -0.15) is 0 Å². The Morgan fingerprint density at radius 1 is 1.50 bits per heavy atom. The van der Waals surface area contributed by atoms with Crippen LogP contribution in [0.2, 0.25) is 0 Å². The minimum Gasteiger partial charge on any atom is -0.351 e. The maximum Gasteiger partial charge on any atom is 0.252 e. The van der Waals surface area contributed by atoms with Crippen LogP contribution in [-0.4, -0.2) is 37.0 Å². The number of hydrogen-bond donors (Lipinski definition) is 1. The van der Waals surface area contributed by atoms with Gasteiger partial charge in [0.05, 0.1) is 5.56 Å². The molecule has 0 spiro atoms. The summed E-state index contributed by atoms with van der Waals surface area (Å²) in [6.45, 7) is 3.63. The number of rotatable bonds is 5. The zero-order valence-electron chi connectivity index (χ0n) is 10.9. The Morgan fingerprint density at radius 3 is 2.83 bits per heavy atom. The third-order valence-corrected chi connectivity index (χ3v) is 3.95. The van der Waals surface area contributed by atoms with Crippen LogP contribution in [0.5, 0.6) is 0 Å². The summed E-state index contributed by atoms with van der Waals surface area (Å²) in [7, 11) is 2.12. The second kappa shape index (κ2) is 5.85. The molecule has 18 heavy (non-hydrogen) atoms. The highest BCUT2D eigenvalue weighted by Gasteiger charge is 2.25. The van der Waals surface area contributed by atoms with Crippen LogP contribution in [0.3, 0.4) is 0 Å². The summed E-state index contributed by atoms with van der Waals surface area (Å²) in [6.07, 6.45) is 2.60. The Hall–Kier alpha value is -0.870. The summed E-state index contributed by atoms with van der Waals surface area (Å²) in [5, 5.41) is 2.96. The smallest absolute Gasteiger partial charge is 0.252 e. The van der Waals surface area contributed by atoms with Gasteiger partial charge in [0.25, 0.3) is 5.91 Å². The number of aryl methyl sites for hydroxylation is 1. The average molecular weight is 311 g/mol. The van der Waals surface area contributed by atoms with E-state index in [4.69, 9.17) is 0 Å². The first-order chi connectivity index (χ1) is 8.58. The van der Waals surface area contributed by atoms with E-state index in [1.807, 2.05) is 25.1 Å². The Morgan fingerprint density at radius 2 is 2.22 bits per heavy atom. The molecule has 1 aromatic rings. The molecule has 0 saturated heterocycles. The van der Waals surface area contributed by atoms with E-state index < -0.39 is 0 Å². The van der Waals surface area contributed by atoms with E-state index in [1.54, 1.807) is 0 Å². The van der Waals surface area contributed by atoms with Crippen molar-refractivity contribution in [3.63, 3.8) is 0 Å². The molecule has 4 heteroatoms. The fourth-order valence-corrected chi connectivity index (χ4v) is 2.62. The third-order valence-electron chi connectivity index (χ3n) is 3.29. The molecule has 0 aliphatic heterocycles. The van der Waals surface area contributed by atoms with Gasteiger partial charge in [0.2, 0.25) is 0 Å². The highest BCUT2D eigenvalue weighted by Crippen LogP contribution is 2.24. The van der Waals surface area contributed by atoms with Gasteiger partial charge in [0, 0.05) is 23.6 Å². The van der Waals surface area contributed by atoms with Crippen molar-refractivity contribution < 1.29 is 4.79 Å². The molecule has 1 fully saturated rings. The van der Waals surface area contributed by atoms with Crippen molar-refractivity contribution in [1.82, 2.24) is 10.2 Å². The monoisotopic (exact) mass is 310 g/mol. The molecule has 3 nitrogen and oxygen atoms in total. The van der Waals surface area contributed by atoms with Crippen molar-refractivity contribution in [3.8, 4) is 0 Å². The predicted molar refractivity (Wildman–Crippen MR) is 76.9 cm³/mol. The molecule has 0 bridgehead atoms. The Bertz CT molecular complexity index is 443. The molecule has 1 amide bonds. The number of carbonyl (C=O) groups excluding carboxylic acids is 1. The summed E-state index contributed by atoms with van der Waals surface area (Å²) in [6, 6.07) is 6.52. The zero-order valence-corrected chi connectivity index (χ0v) is 12.5. The minimum atomic E-state index is -0.00827. The fraction of sp³-hybridized carbons (Fsp3) is 0.500. The lowest BCUT2D eigenvalue weighted by molar-refractivity contribution is 0.0948. The third kappa shape index (κ3) is 3.56. The zero-order chi connectivity index (χ0) is 13.1. The van der Waals surface area contributed by atoms with E-state index in [-0.39, 0.29) is 5.91 Å². The van der Waals surface area contributed by atoms with Crippen LogP contribution in [0.15, 0.2) is 22.7 Å². The predicted octanol–water partition coefficient (Wildman–Crippen LogP) is 2.58. The number of nitrogens with one attached hydrogen (secondary N) is 1. The van der Waals surface area contributed by atoms with Crippen molar-refractivity contribution in [1.29, 1.82) is 0 Å². The summed E-state index contributed by atoms with van der Waals surface area (Å²) in [4.78, 5) is 14.3. The normalized spacial score (nSPS) is 14.9. The summed E-state index contributed by atoms with van der Waals surface area (Å²) in [5.41, 5.74) is 1.85. The fourth-order valence-electron chi connectivity index (χ4n) is 1.94. The first-order valence-electron chi connectivity index (χ1n) is 6.32. The van der Waals surface area contributed by atoms with Gasteiger partial charge in [-0.3, -0.25) is 4.79 Å². The van der Waals surface area contributed by atoms with Crippen molar-refractivity contribution in [3.05, 3.63) is 33.8 Å². The van der Waals surface area contributed by atoms with Gasteiger partial charge >= 0.3 is 0 Å². The molecule has 0 unspecified atom stereocenters. The van der Waals surface area contributed by atoms with Gasteiger partial charge in [-0.1, -0.05) is 6.07 Å². The van der Waals surface area contributed by atoms with Crippen LogP contribution in [-0.2, 0) is 0 Å². The number of carbonyl (C=O) groups is 1. The molecule has 0 atom stereocenters.